The van der Waals surface area contributed by atoms with Crippen molar-refractivity contribution in [1.82, 2.24) is 4.98 Å². The van der Waals surface area contributed by atoms with E-state index in [4.69, 9.17) is 0 Å². The molecule has 0 fully saturated rings. The van der Waals surface area contributed by atoms with E-state index >= 15 is 0 Å². The summed E-state index contributed by atoms with van der Waals surface area (Å²) in [6.07, 6.45) is 0. The zero-order valence-electron chi connectivity index (χ0n) is 9.32. The lowest BCUT2D eigenvalue weighted by Gasteiger charge is -2.06. The van der Waals surface area contributed by atoms with Crippen molar-refractivity contribution in [3.8, 4) is 5.75 Å². The summed E-state index contributed by atoms with van der Waals surface area (Å²) in [5, 5.41) is 15.9. The van der Waals surface area contributed by atoms with E-state index in [-0.39, 0.29) is 0 Å². The van der Waals surface area contributed by atoms with Gasteiger partial charge in [-0.25, -0.2) is 4.98 Å². The molecule has 4 heteroatoms. The summed E-state index contributed by atoms with van der Waals surface area (Å²) in [5.74, 6) is 0.319. The first-order valence-corrected chi connectivity index (χ1v) is 5.97. The van der Waals surface area contributed by atoms with E-state index in [0.717, 1.165) is 22.0 Å². The molecule has 0 amide bonds. The average molecular weight is 234 g/mol. The van der Waals surface area contributed by atoms with Crippen molar-refractivity contribution >= 4 is 17.0 Å². The van der Waals surface area contributed by atoms with Gasteiger partial charge in [0.25, 0.3) is 0 Å². The van der Waals surface area contributed by atoms with E-state index in [9.17, 15) is 5.11 Å². The number of phenolic OH excluding ortho intramolecular Hbond substituents is 1. The number of benzene rings is 1. The predicted octanol–water partition coefficient (Wildman–Crippen LogP) is 3.08. The maximum Gasteiger partial charge on any atom is 0.120 e. The summed E-state index contributed by atoms with van der Waals surface area (Å²) < 4.78 is 0. The van der Waals surface area contributed by atoms with Crippen LogP contribution in [0.5, 0.6) is 5.75 Å². The lowest BCUT2D eigenvalue weighted by molar-refractivity contribution is 0.471. The highest BCUT2D eigenvalue weighted by Crippen LogP contribution is 2.21. The Bertz CT molecular complexity index is 494. The molecule has 2 N–H and O–H groups in total. The number of aromatic hydroxyl groups is 1. The normalized spacial score (nSPS) is 10.4. The predicted molar refractivity (Wildman–Crippen MR) is 67.0 cm³/mol. The number of aryl methyl sites for hydroxylation is 2. The van der Waals surface area contributed by atoms with Gasteiger partial charge in [-0.2, -0.15) is 0 Å². The molecule has 0 saturated heterocycles. The number of thiazole rings is 1. The van der Waals surface area contributed by atoms with E-state index in [1.807, 2.05) is 31.4 Å². The van der Waals surface area contributed by atoms with Crippen molar-refractivity contribution in [2.24, 2.45) is 0 Å². The van der Waals surface area contributed by atoms with Gasteiger partial charge in [-0.3, -0.25) is 0 Å². The molecule has 0 saturated carbocycles. The van der Waals surface area contributed by atoms with Crippen LogP contribution in [0.3, 0.4) is 0 Å². The van der Waals surface area contributed by atoms with Gasteiger partial charge in [0.2, 0.25) is 0 Å². The summed E-state index contributed by atoms with van der Waals surface area (Å²) in [5.41, 5.74) is 2.83. The molecule has 0 unspecified atom stereocenters. The topological polar surface area (TPSA) is 45.2 Å². The fourth-order valence-electron chi connectivity index (χ4n) is 1.40. The molecule has 16 heavy (non-hydrogen) atoms. The van der Waals surface area contributed by atoms with Gasteiger partial charge in [-0.15, -0.1) is 11.3 Å². The first kappa shape index (κ1) is 11.0. The minimum atomic E-state index is 0.319. The maximum absolute atomic E-state index is 9.55. The summed E-state index contributed by atoms with van der Waals surface area (Å²) in [7, 11) is 0. The van der Waals surface area contributed by atoms with Gasteiger partial charge in [-0.05, 0) is 25.5 Å². The molecule has 0 aliphatic rings. The number of phenols is 1. The van der Waals surface area contributed by atoms with Crippen LogP contribution in [0.1, 0.15) is 16.3 Å². The van der Waals surface area contributed by atoms with Crippen molar-refractivity contribution in [3.63, 3.8) is 0 Å². The standard InChI is InChI=1S/C12H14N2OS/c1-8-3-4-10(5-12(8)15)13-6-11-7-16-9(2)14-11/h3-5,7,13,15H,6H2,1-2H3. The molecule has 2 aromatic rings. The summed E-state index contributed by atoms with van der Waals surface area (Å²) >= 11 is 1.64. The van der Waals surface area contributed by atoms with Crippen LogP contribution in [-0.2, 0) is 6.54 Å². The Labute approximate surface area is 98.8 Å². The Morgan fingerprint density at radius 3 is 2.81 bits per heavy atom. The van der Waals surface area contributed by atoms with Gasteiger partial charge in [0.05, 0.1) is 17.2 Å². The van der Waals surface area contributed by atoms with Gasteiger partial charge < -0.3 is 10.4 Å². The van der Waals surface area contributed by atoms with Gasteiger partial charge in [0.15, 0.2) is 0 Å². The molecular formula is C12H14N2OS. The smallest absolute Gasteiger partial charge is 0.120 e. The molecule has 84 valence electrons. The Morgan fingerprint density at radius 2 is 2.19 bits per heavy atom. The Balaban J connectivity index is 2.02. The second kappa shape index (κ2) is 4.53. The SMILES string of the molecule is Cc1nc(CNc2ccc(C)c(O)c2)cs1. The monoisotopic (exact) mass is 234 g/mol. The molecule has 0 bridgehead atoms. The number of anilines is 1. The van der Waals surface area contributed by atoms with Gasteiger partial charge in [-0.1, -0.05) is 6.07 Å². The quantitative estimate of drug-likeness (QED) is 0.857. The molecule has 1 aromatic carbocycles. The second-order valence-electron chi connectivity index (χ2n) is 3.71. The molecule has 0 spiro atoms. The molecule has 0 aliphatic carbocycles. The van der Waals surface area contributed by atoms with Crippen LogP contribution in [0.15, 0.2) is 23.6 Å². The molecular weight excluding hydrogens is 220 g/mol. The van der Waals surface area contributed by atoms with Gasteiger partial charge in [0.1, 0.15) is 5.75 Å². The molecule has 0 atom stereocenters. The van der Waals surface area contributed by atoms with Crippen LogP contribution < -0.4 is 5.32 Å². The summed E-state index contributed by atoms with van der Waals surface area (Å²) in [6.45, 7) is 4.56. The highest BCUT2D eigenvalue weighted by atomic mass is 32.1. The van der Waals surface area contributed by atoms with E-state index in [1.54, 1.807) is 17.4 Å². The third kappa shape index (κ3) is 2.52. The zero-order valence-corrected chi connectivity index (χ0v) is 10.1. The van der Waals surface area contributed by atoms with Crippen molar-refractivity contribution in [2.45, 2.75) is 20.4 Å². The number of aromatic nitrogens is 1. The van der Waals surface area contributed by atoms with Gasteiger partial charge >= 0.3 is 0 Å². The zero-order chi connectivity index (χ0) is 11.5. The van der Waals surface area contributed by atoms with E-state index in [1.165, 1.54) is 0 Å². The molecule has 0 radical (unpaired) electrons. The largest absolute Gasteiger partial charge is 0.508 e. The molecule has 0 aliphatic heterocycles. The average Bonchev–Trinajstić information content (AvgIpc) is 2.66. The summed E-state index contributed by atoms with van der Waals surface area (Å²) in [6, 6.07) is 5.58. The second-order valence-corrected chi connectivity index (χ2v) is 4.77. The highest BCUT2D eigenvalue weighted by Gasteiger charge is 2.00. The fourth-order valence-corrected chi connectivity index (χ4v) is 2.01. The Hall–Kier alpha value is -1.55. The minimum Gasteiger partial charge on any atom is -0.508 e. The number of hydrogen-bond acceptors (Lipinski definition) is 4. The van der Waals surface area contributed by atoms with Gasteiger partial charge in [0, 0.05) is 17.1 Å². The van der Waals surface area contributed by atoms with Crippen LogP contribution in [0.2, 0.25) is 0 Å². The van der Waals surface area contributed by atoms with E-state index in [2.05, 4.69) is 10.3 Å². The number of rotatable bonds is 3. The maximum atomic E-state index is 9.55. The molecule has 1 aromatic heterocycles. The number of nitrogens with one attached hydrogen (secondary N) is 1. The van der Waals surface area contributed by atoms with Crippen LogP contribution >= 0.6 is 11.3 Å². The third-order valence-corrected chi connectivity index (χ3v) is 3.17. The van der Waals surface area contributed by atoms with Crippen molar-refractivity contribution in [1.29, 1.82) is 0 Å². The Kier molecular flexibility index (Phi) is 3.10. The minimum absolute atomic E-state index is 0.319. The lowest BCUT2D eigenvalue weighted by atomic mass is 10.2. The molecule has 2 rings (SSSR count). The van der Waals surface area contributed by atoms with Crippen molar-refractivity contribution < 1.29 is 5.11 Å². The van der Waals surface area contributed by atoms with Crippen molar-refractivity contribution in [2.75, 3.05) is 5.32 Å². The Morgan fingerprint density at radius 1 is 1.38 bits per heavy atom. The fraction of sp³-hybridized carbons (Fsp3) is 0.250. The van der Waals surface area contributed by atoms with Crippen LogP contribution in [0.25, 0.3) is 0 Å². The van der Waals surface area contributed by atoms with Crippen LogP contribution in [-0.4, -0.2) is 10.1 Å². The molecule has 3 nitrogen and oxygen atoms in total. The molecule has 1 heterocycles. The van der Waals surface area contributed by atoms with Crippen LogP contribution in [0.4, 0.5) is 5.69 Å². The van der Waals surface area contributed by atoms with E-state index < -0.39 is 0 Å². The third-order valence-electron chi connectivity index (χ3n) is 2.35. The number of hydrogen-bond donors (Lipinski definition) is 2. The van der Waals surface area contributed by atoms with Crippen molar-refractivity contribution in [3.05, 3.63) is 39.8 Å². The highest BCUT2D eigenvalue weighted by molar-refractivity contribution is 7.09. The lowest BCUT2D eigenvalue weighted by Crippen LogP contribution is -1.99. The first-order valence-electron chi connectivity index (χ1n) is 5.09. The van der Waals surface area contributed by atoms with Crippen LogP contribution in [0, 0.1) is 13.8 Å². The summed E-state index contributed by atoms with van der Waals surface area (Å²) in [4.78, 5) is 4.36. The first-order chi connectivity index (χ1) is 7.65. The van der Waals surface area contributed by atoms with E-state index in [0.29, 0.717) is 12.3 Å². The number of nitrogens with zero attached hydrogens (tertiary/aromatic N) is 1.